The molecule has 72 valence electrons. The summed E-state index contributed by atoms with van der Waals surface area (Å²) in [5.41, 5.74) is 0. The van der Waals surface area contributed by atoms with E-state index < -0.39 is 0 Å². The lowest BCUT2D eigenvalue weighted by Gasteiger charge is -2.06. The van der Waals surface area contributed by atoms with Gasteiger partial charge in [0.15, 0.2) is 0 Å². The first-order chi connectivity index (χ1) is 6.29. The van der Waals surface area contributed by atoms with Crippen molar-refractivity contribution in [1.82, 2.24) is 9.88 Å². The molecule has 0 aromatic carbocycles. The molecule has 1 fully saturated rings. The summed E-state index contributed by atoms with van der Waals surface area (Å²) in [4.78, 5) is 6.89. The van der Waals surface area contributed by atoms with Crippen molar-refractivity contribution in [3.8, 4) is 0 Å². The molecule has 0 amide bonds. The molecule has 1 aliphatic rings. The molecule has 0 saturated carbocycles. The molecule has 2 rings (SSSR count). The Bertz CT molecular complexity index is 284. The maximum absolute atomic E-state index is 4.53. The number of hydrogen-bond donors (Lipinski definition) is 1. The number of hydrogen-bond acceptors (Lipinski definition) is 4. The van der Waals surface area contributed by atoms with Crippen LogP contribution in [0.2, 0.25) is 0 Å². The van der Waals surface area contributed by atoms with Gasteiger partial charge in [-0.25, -0.2) is 4.98 Å². The maximum Gasteiger partial charge on any atom is 0.137 e. The smallest absolute Gasteiger partial charge is 0.137 e. The Labute approximate surface area is 82.8 Å². The number of anilines is 1. The minimum atomic E-state index is 0.664. The van der Waals surface area contributed by atoms with E-state index in [9.17, 15) is 0 Å². The number of nitrogens with one attached hydrogen (secondary N) is 1. The van der Waals surface area contributed by atoms with Gasteiger partial charge in [-0.15, -0.1) is 11.3 Å². The third-order valence-corrected chi connectivity index (χ3v) is 3.53. The first-order valence-corrected chi connectivity index (χ1v) is 5.49. The third-order valence-electron chi connectivity index (χ3n) is 2.52. The average Bonchev–Trinajstić information content (AvgIpc) is 2.71. The van der Waals surface area contributed by atoms with Crippen molar-refractivity contribution in [1.29, 1.82) is 0 Å². The Morgan fingerprint density at radius 1 is 1.69 bits per heavy atom. The summed E-state index contributed by atoms with van der Waals surface area (Å²) >= 11 is 1.77. The van der Waals surface area contributed by atoms with E-state index in [0.717, 1.165) is 12.4 Å². The van der Waals surface area contributed by atoms with Crippen molar-refractivity contribution in [3.63, 3.8) is 0 Å². The van der Waals surface area contributed by atoms with Gasteiger partial charge in [0.1, 0.15) is 5.82 Å². The van der Waals surface area contributed by atoms with Crippen LogP contribution in [0.5, 0.6) is 0 Å². The molecule has 0 radical (unpaired) electrons. The molecule has 1 aromatic heterocycles. The van der Waals surface area contributed by atoms with Crippen LogP contribution in [0.25, 0.3) is 0 Å². The second-order valence-corrected chi connectivity index (χ2v) is 4.46. The highest BCUT2D eigenvalue weighted by Crippen LogP contribution is 2.29. The van der Waals surface area contributed by atoms with E-state index in [1.54, 1.807) is 11.3 Å². The number of aromatic nitrogens is 1. The molecule has 1 N–H and O–H groups in total. The number of likely N-dealkylation sites (tertiary alicyclic amines) is 1. The van der Waals surface area contributed by atoms with Gasteiger partial charge in [-0.3, -0.25) is 0 Å². The topological polar surface area (TPSA) is 28.2 Å². The zero-order valence-corrected chi connectivity index (χ0v) is 8.90. The van der Waals surface area contributed by atoms with Crippen LogP contribution < -0.4 is 5.32 Å². The van der Waals surface area contributed by atoms with Crippen LogP contribution in [0.15, 0.2) is 5.38 Å². The lowest BCUT2D eigenvalue weighted by atomic mass is 10.1. The van der Waals surface area contributed by atoms with Crippen molar-refractivity contribution in [2.75, 3.05) is 32.5 Å². The molecule has 1 aliphatic heterocycles. The van der Waals surface area contributed by atoms with E-state index in [4.69, 9.17) is 0 Å². The van der Waals surface area contributed by atoms with E-state index in [2.05, 4.69) is 27.6 Å². The van der Waals surface area contributed by atoms with Gasteiger partial charge in [-0.05, 0) is 20.0 Å². The summed E-state index contributed by atoms with van der Waals surface area (Å²) < 4.78 is 0. The van der Waals surface area contributed by atoms with Crippen LogP contribution >= 0.6 is 11.3 Å². The van der Waals surface area contributed by atoms with Gasteiger partial charge in [0.05, 0.1) is 5.01 Å². The number of thiazole rings is 1. The predicted octanol–water partition coefficient (Wildman–Crippen LogP) is 1.60. The Balaban J connectivity index is 2.08. The number of rotatable bonds is 2. The van der Waals surface area contributed by atoms with E-state index in [-0.39, 0.29) is 0 Å². The summed E-state index contributed by atoms with van der Waals surface area (Å²) in [6.07, 6.45) is 1.26. The molecule has 0 aliphatic carbocycles. The van der Waals surface area contributed by atoms with E-state index in [1.807, 2.05) is 7.05 Å². The highest BCUT2D eigenvalue weighted by molar-refractivity contribution is 7.10. The number of likely N-dealkylation sites (N-methyl/N-ethyl adjacent to an activating group) is 1. The molecule has 4 heteroatoms. The Morgan fingerprint density at radius 2 is 2.54 bits per heavy atom. The largest absolute Gasteiger partial charge is 0.372 e. The van der Waals surface area contributed by atoms with Crippen LogP contribution in [0.4, 0.5) is 5.82 Å². The van der Waals surface area contributed by atoms with E-state index >= 15 is 0 Å². The van der Waals surface area contributed by atoms with Crippen LogP contribution in [-0.2, 0) is 0 Å². The van der Waals surface area contributed by atoms with Crippen molar-refractivity contribution >= 4 is 17.2 Å². The van der Waals surface area contributed by atoms with Crippen LogP contribution in [0, 0.1) is 0 Å². The van der Waals surface area contributed by atoms with Crippen molar-refractivity contribution in [2.24, 2.45) is 0 Å². The quantitative estimate of drug-likeness (QED) is 0.780. The predicted molar refractivity (Wildman–Crippen MR) is 56.5 cm³/mol. The van der Waals surface area contributed by atoms with Crippen molar-refractivity contribution in [2.45, 2.75) is 12.3 Å². The van der Waals surface area contributed by atoms with Gasteiger partial charge >= 0.3 is 0 Å². The maximum atomic E-state index is 4.53. The monoisotopic (exact) mass is 197 g/mol. The second kappa shape index (κ2) is 3.64. The molecule has 1 saturated heterocycles. The van der Waals surface area contributed by atoms with Crippen LogP contribution in [-0.4, -0.2) is 37.1 Å². The van der Waals surface area contributed by atoms with Gasteiger partial charge in [-0.2, -0.15) is 0 Å². The minimum absolute atomic E-state index is 0.664. The summed E-state index contributed by atoms with van der Waals surface area (Å²) in [6, 6.07) is 0. The van der Waals surface area contributed by atoms with Gasteiger partial charge in [0.25, 0.3) is 0 Å². The summed E-state index contributed by atoms with van der Waals surface area (Å²) in [5, 5.41) is 6.44. The molecule has 1 aromatic rings. The van der Waals surface area contributed by atoms with Crippen LogP contribution in [0.3, 0.4) is 0 Å². The normalized spacial score (nSPS) is 23.7. The van der Waals surface area contributed by atoms with Crippen molar-refractivity contribution < 1.29 is 0 Å². The summed E-state index contributed by atoms with van der Waals surface area (Å²) in [6.45, 7) is 2.37. The second-order valence-electron chi connectivity index (χ2n) is 3.57. The molecule has 0 spiro atoms. The molecular formula is C9H15N3S. The molecule has 1 atom stereocenters. The van der Waals surface area contributed by atoms with E-state index in [0.29, 0.717) is 5.92 Å². The lowest BCUT2D eigenvalue weighted by Crippen LogP contribution is -2.13. The Morgan fingerprint density at radius 3 is 3.08 bits per heavy atom. The molecule has 0 bridgehead atoms. The zero-order valence-electron chi connectivity index (χ0n) is 8.08. The lowest BCUT2D eigenvalue weighted by molar-refractivity contribution is 0.411. The van der Waals surface area contributed by atoms with Gasteiger partial charge in [0, 0.05) is 24.9 Å². The molecule has 3 nitrogen and oxygen atoms in total. The van der Waals surface area contributed by atoms with Gasteiger partial charge in [0.2, 0.25) is 0 Å². The first kappa shape index (κ1) is 8.97. The number of nitrogens with zero attached hydrogens (tertiary/aromatic N) is 2. The minimum Gasteiger partial charge on any atom is -0.372 e. The first-order valence-electron chi connectivity index (χ1n) is 4.61. The van der Waals surface area contributed by atoms with Crippen molar-refractivity contribution in [3.05, 3.63) is 10.4 Å². The van der Waals surface area contributed by atoms with Crippen LogP contribution in [0.1, 0.15) is 17.3 Å². The van der Waals surface area contributed by atoms with E-state index in [1.165, 1.54) is 18.0 Å². The SMILES string of the molecule is CNc1csc(C2CCN(C)C2)n1. The fourth-order valence-electron chi connectivity index (χ4n) is 1.73. The third kappa shape index (κ3) is 1.84. The molecule has 2 heterocycles. The summed E-state index contributed by atoms with van der Waals surface area (Å²) in [7, 11) is 4.09. The fraction of sp³-hybridized carbons (Fsp3) is 0.667. The van der Waals surface area contributed by atoms with Gasteiger partial charge in [-0.1, -0.05) is 0 Å². The van der Waals surface area contributed by atoms with Gasteiger partial charge < -0.3 is 10.2 Å². The summed E-state index contributed by atoms with van der Waals surface area (Å²) in [5.74, 6) is 1.67. The average molecular weight is 197 g/mol. The Hall–Kier alpha value is -0.610. The zero-order chi connectivity index (χ0) is 9.26. The highest BCUT2D eigenvalue weighted by atomic mass is 32.1. The highest BCUT2D eigenvalue weighted by Gasteiger charge is 2.23. The standard InChI is InChI=1S/C9H15N3S/c1-10-8-6-13-9(11-8)7-3-4-12(2)5-7/h6-7,10H,3-5H2,1-2H3. The molecule has 13 heavy (non-hydrogen) atoms. The molecular weight excluding hydrogens is 182 g/mol. The fourth-order valence-corrected chi connectivity index (χ4v) is 2.67. The Kier molecular flexibility index (Phi) is 2.51. The molecule has 1 unspecified atom stereocenters.